The predicted octanol–water partition coefficient (Wildman–Crippen LogP) is 20.5. The largest absolute Gasteiger partial charge is 0.472 e. The van der Waals surface area contributed by atoms with E-state index in [4.69, 9.17) is 13.8 Å². The van der Waals surface area contributed by atoms with Crippen LogP contribution in [0.15, 0.2) is 48.6 Å². The van der Waals surface area contributed by atoms with Gasteiger partial charge in [0, 0.05) is 12.8 Å². The van der Waals surface area contributed by atoms with Crippen LogP contribution in [0, 0.1) is 0 Å². The molecule has 0 aliphatic rings. The summed E-state index contributed by atoms with van der Waals surface area (Å²) in [5.41, 5.74) is 0. The van der Waals surface area contributed by atoms with E-state index in [0.717, 1.165) is 83.5 Å². The van der Waals surface area contributed by atoms with Crippen LogP contribution in [0.5, 0.6) is 0 Å². The molecule has 0 bridgehead atoms. The minimum Gasteiger partial charge on any atom is -0.456 e. The first-order valence-electron chi connectivity index (χ1n) is 33.0. The Hall–Kier alpha value is -2.03. The molecule has 0 aromatic rings. The minimum absolute atomic E-state index is 0.0367. The number of hydrogen-bond donors (Lipinski definition) is 2. The van der Waals surface area contributed by atoms with Gasteiger partial charge in [-0.1, -0.05) is 301 Å². The molecule has 0 spiro atoms. The maximum absolute atomic E-state index is 13.5. The molecule has 0 aliphatic heterocycles. The molecule has 0 aliphatic carbocycles. The van der Waals surface area contributed by atoms with Crippen LogP contribution in [0.25, 0.3) is 0 Å². The van der Waals surface area contributed by atoms with Crippen molar-refractivity contribution in [2.24, 2.45) is 0 Å². The molecule has 0 aromatic carbocycles. The van der Waals surface area contributed by atoms with Gasteiger partial charge in [0.2, 0.25) is 5.91 Å². The van der Waals surface area contributed by atoms with Crippen molar-refractivity contribution in [1.82, 2.24) is 5.32 Å². The monoisotopic (exact) mass is 1100 g/mol. The van der Waals surface area contributed by atoms with Gasteiger partial charge in [0.25, 0.3) is 0 Å². The first-order valence-corrected chi connectivity index (χ1v) is 34.5. The van der Waals surface area contributed by atoms with E-state index in [0.29, 0.717) is 23.9 Å². The van der Waals surface area contributed by atoms with Crippen LogP contribution in [-0.4, -0.2) is 74.3 Å². The second kappa shape index (κ2) is 57.2. The lowest BCUT2D eigenvalue weighted by molar-refractivity contribution is -0.870. The highest BCUT2D eigenvalue weighted by molar-refractivity contribution is 7.47. The fourth-order valence-corrected chi connectivity index (χ4v) is 10.5. The number of quaternary nitrogens is 1. The summed E-state index contributed by atoms with van der Waals surface area (Å²) in [6, 6.07) is -0.856. The number of likely N-dealkylation sites (N-methyl/N-ethyl adjacent to an activating group) is 1. The molecule has 3 atom stereocenters. The summed E-state index contributed by atoms with van der Waals surface area (Å²) in [7, 11) is 1.49. The zero-order valence-electron chi connectivity index (χ0n) is 51.7. The van der Waals surface area contributed by atoms with Gasteiger partial charge >= 0.3 is 13.8 Å². The molecule has 77 heavy (non-hydrogen) atoms. The Morgan fingerprint density at radius 1 is 0.468 bits per heavy atom. The van der Waals surface area contributed by atoms with Gasteiger partial charge in [-0.25, -0.2) is 4.57 Å². The molecule has 9 nitrogen and oxygen atoms in total. The molecule has 0 radical (unpaired) electrons. The summed E-state index contributed by atoms with van der Waals surface area (Å²) in [6.45, 7) is 6.89. The fourth-order valence-electron chi connectivity index (χ4n) is 9.77. The summed E-state index contributed by atoms with van der Waals surface area (Å²) in [5.74, 6) is -0.518. The first-order chi connectivity index (χ1) is 37.4. The molecule has 1 amide bonds. The van der Waals surface area contributed by atoms with E-state index in [-0.39, 0.29) is 25.1 Å². The molecule has 452 valence electrons. The smallest absolute Gasteiger partial charge is 0.456 e. The molecular formula is C67H128N2O7P+. The molecule has 10 heteroatoms. The van der Waals surface area contributed by atoms with Crippen molar-refractivity contribution in [1.29, 1.82) is 0 Å². The number of carbonyl (C=O) groups excluding carboxylic acids is 2. The highest BCUT2D eigenvalue weighted by atomic mass is 31.2. The van der Waals surface area contributed by atoms with Crippen LogP contribution in [0.2, 0.25) is 0 Å². The van der Waals surface area contributed by atoms with E-state index in [1.165, 1.54) is 199 Å². The average Bonchev–Trinajstić information content (AvgIpc) is 3.39. The third-order valence-electron chi connectivity index (χ3n) is 14.8. The van der Waals surface area contributed by atoms with Gasteiger partial charge in [-0.3, -0.25) is 18.6 Å². The summed E-state index contributed by atoms with van der Waals surface area (Å²) in [4.78, 5) is 37.7. The Kier molecular flexibility index (Phi) is 55.7. The Morgan fingerprint density at radius 2 is 0.831 bits per heavy atom. The zero-order chi connectivity index (χ0) is 56.4. The summed E-state index contributed by atoms with van der Waals surface area (Å²) >= 11 is 0. The van der Waals surface area contributed by atoms with E-state index >= 15 is 0 Å². The molecule has 0 saturated heterocycles. The number of phosphoric acid groups is 1. The van der Waals surface area contributed by atoms with Crippen LogP contribution in [0.1, 0.15) is 316 Å². The summed E-state index contributed by atoms with van der Waals surface area (Å²) < 4.78 is 30.7. The number of nitrogens with one attached hydrogen (secondary N) is 1. The number of ether oxygens (including phenoxy) is 1. The molecule has 0 fully saturated rings. The molecule has 0 aromatic heterocycles. The van der Waals surface area contributed by atoms with Crippen molar-refractivity contribution < 1.29 is 37.3 Å². The van der Waals surface area contributed by atoms with Crippen molar-refractivity contribution >= 4 is 19.7 Å². The van der Waals surface area contributed by atoms with Crippen molar-refractivity contribution in [3.63, 3.8) is 0 Å². The van der Waals surface area contributed by atoms with Gasteiger partial charge in [0.1, 0.15) is 19.3 Å². The van der Waals surface area contributed by atoms with Crippen LogP contribution >= 0.6 is 7.82 Å². The van der Waals surface area contributed by atoms with Gasteiger partial charge in [0.15, 0.2) is 0 Å². The van der Waals surface area contributed by atoms with E-state index in [2.05, 4.69) is 62.5 Å². The quantitative estimate of drug-likeness (QED) is 0.0156. The highest BCUT2D eigenvalue weighted by Gasteiger charge is 2.30. The molecule has 0 heterocycles. The number of rotatable bonds is 60. The molecule has 2 N–H and O–H groups in total. The van der Waals surface area contributed by atoms with Crippen molar-refractivity contribution in [2.75, 3.05) is 40.9 Å². The van der Waals surface area contributed by atoms with Crippen LogP contribution in [0.4, 0.5) is 0 Å². The maximum atomic E-state index is 13.5. The van der Waals surface area contributed by atoms with Gasteiger partial charge in [-0.15, -0.1) is 0 Å². The maximum Gasteiger partial charge on any atom is 0.472 e. The minimum atomic E-state index is -4.45. The summed E-state index contributed by atoms with van der Waals surface area (Å²) in [6.07, 6.45) is 71.4. The lowest BCUT2D eigenvalue weighted by atomic mass is 10.0. The van der Waals surface area contributed by atoms with Gasteiger partial charge in [-0.05, 0) is 51.0 Å². The third kappa shape index (κ3) is 58.4. The number of nitrogens with zero attached hydrogens (tertiary/aromatic N) is 1. The second-order valence-electron chi connectivity index (χ2n) is 23.7. The van der Waals surface area contributed by atoms with Gasteiger partial charge in [-0.2, -0.15) is 0 Å². The highest BCUT2D eigenvalue weighted by Crippen LogP contribution is 2.43. The lowest BCUT2D eigenvalue weighted by Crippen LogP contribution is -2.47. The number of phosphoric ester groups is 1. The van der Waals surface area contributed by atoms with Gasteiger partial charge < -0.3 is 19.4 Å². The number of esters is 1. The fraction of sp³-hybridized carbons (Fsp3) is 0.851. The topological polar surface area (TPSA) is 111 Å². The van der Waals surface area contributed by atoms with Crippen molar-refractivity contribution in [3.8, 4) is 0 Å². The van der Waals surface area contributed by atoms with E-state index in [9.17, 15) is 19.0 Å². The zero-order valence-corrected chi connectivity index (χ0v) is 52.6. The number of unbranched alkanes of at least 4 members (excludes halogenated alkanes) is 40. The molecule has 0 rings (SSSR count). The predicted molar refractivity (Wildman–Crippen MR) is 332 cm³/mol. The van der Waals surface area contributed by atoms with Crippen LogP contribution in [-0.2, 0) is 27.9 Å². The molecular weight excluding hydrogens is 976 g/mol. The van der Waals surface area contributed by atoms with Crippen LogP contribution in [0.3, 0.4) is 0 Å². The first kappa shape index (κ1) is 75.0. The number of carbonyl (C=O) groups is 2. The van der Waals surface area contributed by atoms with Crippen LogP contribution < -0.4 is 5.32 Å². The van der Waals surface area contributed by atoms with Crippen molar-refractivity contribution in [3.05, 3.63) is 48.6 Å². The standard InChI is InChI=1S/C67H127N2O7P/c1-7-10-13-16-19-22-25-27-28-29-30-31-32-33-34-35-36-37-38-39-40-42-45-48-51-54-57-60-67(71)76-65(58-55-52-49-46-43-24-21-18-15-12-9-3)64(63-75-77(72,73)74-62-61-69(4,5)6)68-66(70)59-56-53-50-47-44-41-26-23-20-17-14-11-8-2/h11,14,17,20,23,26,55,58,64-65H,7-10,12-13,15-16,18-19,21-22,24-25,27-54,56-57,59-63H2,1-6H3,(H-,68,70,72,73)/p+1/b14-11+,20-17+,26-23-,58-55-. The number of allylic oxidation sites excluding steroid dienone is 7. The Morgan fingerprint density at radius 3 is 1.23 bits per heavy atom. The third-order valence-corrected chi connectivity index (χ3v) is 15.8. The Labute approximate surface area is 478 Å². The number of amides is 1. The van der Waals surface area contributed by atoms with Gasteiger partial charge in [0.05, 0.1) is 33.8 Å². The molecule has 0 saturated carbocycles. The SMILES string of the molecule is CC/C=C/C=C/C=C\CCCCCCCC(=O)NC(COP(=O)(O)OCC[N+](C)(C)C)C(/C=C\CCCCCCCCCCC)OC(=O)CCCCCCCCCCCCCCCCCCCCCCCCCCCCC. The normalized spacial score (nSPS) is 13.9. The Bertz CT molecular complexity index is 1460. The Balaban J connectivity index is 4.94. The van der Waals surface area contributed by atoms with E-state index in [1.807, 2.05) is 33.3 Å². The number of hydrogen-bond acceptors (Lipinski definition) is 6. The average molecular weight is 1100 g/mol. The lowest BCUT2D eigenvalue weighted by Gasteiger charge is -2.27. The molecule has 3 unspecified atom stereocenters. The van der Waals surface area contributed by atoms with Crippen molar-refractivity contribution in [2.45, 2.75) is 328 Å². The van der Waals surface area contributed by atoms with E-state index in [1.54, 1.807) is 0 Å². The second-order valence-corrected chi connectivity index (χ2v) is 25.1. The van der Waals surface area contributed by atoms with E-state index < -0.39 is 20.0 Å². The summed E-state index contributed by atoms with van der Waals surface area (Å²) in [5, 5.41) is 3.04.